The SMILES string of the molecule is CCCCCCCCCCCCN.O=S(=O)(O)O.[CH2-]C.[Na+]. The maximum atomic E-state index is 8.74. The van der Waals surface area contributed by atoms with Crippen molar-refractivity contribution >= 4 is 10.4 Å². The second-order valence-corrected chi connectivity index (χ2v) is 5.31. The van der Waals surface area contributed by atoms with Crippen molar-refractivity contribution in [3.8, 4) is 0 Å². The zero-order valence-corrected chi connectivity index (χ0v) is 17.0. The van der Waals surface area contributed by atoms with Crippen molar-refractivity contribution in [2.45, 2.75) is 78.1 Å². The molecule has 0 aromatic heterocycles. The number of rotatable bonds is 10. The summed E-state index contributed by atoms with van der Waals surface area (Å²) >= 11 is 0. The second-order valence-electron chi connectivity index (χ2n) is 4.42. The molecule has 21 heavy (non-hydrogen) atoms. The van der Waals surface area contributed by atoms with Crippen molar-refractivity contribution in [2.24, 2.45) is 5.73 Å². The minimum atomic E-state index is -4.67. The summed E-state index contributed by atoms with van der Waals surface area (Å²) < 4.78 is 31.6. The van der Waals surface area contributed by atoms with Crippen LogP contribution in [0, 0.1) is 6.92 Å². The molecule has 0 aliphatic heterocycles. The fraction of sp³-hybridized carbons (Fsp3) is 0.929. The molecule has 7 heteroatoms. The molecule has 0 amide bonds. The minimum absolute atomic E-state index is 0. The second kappa shape index (κ2) is 25.8. The molecule has 4 N–H and O–H groups in total. The van der Waals surface area contributed by atoms with Crippen molar-refractivity contribution in [1.29, 1.82) is 0 Å². The van der Waals surface area contributed by atoms with E-state index in [1.54, 1.807) is 6.92 Å². The summed E-state index contributed by atoms with van der Waals surface area (Å²) in [5.74, 6) is 0. The minimum Gasteiger partial charge on any atom is -0.346 e. The molecular weight excluding hydrogens is 301 g/mol. The zero-order chi connectivity index (χ0) is 16.3. The first-order chi connectivity index (χ1) is 9.41. The van der Waals surface area contributed by atoms with Crippen LogP contribution < -0.4 is 35.3 Å². The van der Waals surface area contributed by atoms with Gasteiger partial charge in [0.25, 0.3) is 0 Å². The van der Waals surface area contributed by atoms with Crippen LogP contribution in [0.4, 0.5) is 0 Å². The van der Waals surface area contributed by atoms with E-state index in [9.17, 15) is 0 Å². The van der Waals surface area contributed by atoms with Gasteiger partial charge in [-0.25, -0.2) is 0 Å². The molecule has 0 aliphatic carbocycles. The Bertz CT molecular complexity index is 231. The molecule has 126 valence electrons. The molecular formula is C14H34NNaO4S. The van der Waals surface area contributed by atoms with Crippen LogP contribution in [0.5, 0.6) is 0 Å². The standard InChI is InChI=1S/C12H27N.C2H5.Na.H2O4S/c1-2-3-4-5-6-7-8-9-10-11-12-13;1-2;;1-5(2,3)4/h2-13H2,1H3;1H2,2H3;;(H2,1,2,3,4)/q;-1;+1;. The first-order valence-corrected chi connectivity index (χ1v) is 8.92. The molecule has 0 bridgehead atoms. The third-order valence-corrected chi connectivity index (χ3v) is 2.56. The van der Waals surface area contributed by atoms with Gasteiger partial charge in [-0.15, -0.1) is 0 Å². The van der Waals surface area contributed by atoms with Crippen molar-refractivity contribution in [3.05, 3.63) is 6.92 Å². The summed E-state index contributed by atoms with van der Waals surface area (Å²) in [6.07, 6.45) is 13.9. The number of hydrogen-bond acceptors (Lipinski definition) is 3. The van der Waals surface area contributed by atoms with E-state index in [4.69, 9.17) is 23.3 Å². The Kier molecular flexibility index (Phi) is 36.6. The van der Waals surface area contributed by atoms with Gasteiger partial charge in [0, 0.05) is 0 Å². The Morgan fingerprint density at radius 2 is 1.05 bits per heavy atom. The quantitative estimate of drug-likeness (QED) is 0.240. The van der Waals surface area contributed by atoms with E-state index in [0.717, 1.165) is 6.54 Å². The number of nitrogens with two attached hydrogens (primary N) is 1. The summed E-state index contributed by atoms with van der Waals surface area (Å²) in [7, 11) is -4.67. The Labute approximate surface area is 154 Å². The Hall–Kier alpha value is 0.830. The van der Waals surface area contributed by atoms with Crippen molar-refractivity contribution < 1.29 is 47.1 Å². The van der Waals surface area contributed by atoms with Gasteiger partial charge in [0.1, 0.15) is 0 Å². The van der Waals surface area contributed by atoms with E-state index < -0.39 is 10.4 Å². The van der Waals surface area contributed by atoms with Gasteiger partial charge in [0.2, 0.25) is 0 Å². The molecule has 0 radical (unpaired) electrons. The first-order valence-electron chi connectivity index (χ1n) is 7.52. The normalized spacial score (nSPS) is 9.62. The van der Waals surface area contributed by atoms with Crippen molar-refractivity contribution in [1.82, 2.24) is 0 Å². The smallest absolute Gasteiger partial charge is 0.346 e. The van der Waals surface area contributed by atoms with Gasteiger partial charge in [-0.3, -0.25) is 9.11 Å². The predicted molar refractivity (Wildman–Crippen MR) is 86.1 cm³/mol. The molecule has 0 aromatic carbocycles. The van der Waals surface area contributed by atoms with E-state index >= 15 is 0 Å². The van der Waals surface area contributed by atoms with Crippen LogP contribution in [0.3, 0.4) is 0 Å². The Morgan fingerprint density at radius 1 is 0.810 bits per heavy atom. The molecule has 0 atom stereocenters. The van der Waals surface area contributed by atoms with Gasteiger partial charge in [0.05, 0.1) is 0 Å². The molecule has 0 saturated carbocycles. The maximum Gasteiger partial charge on any atom is 1.00 e. The summed E-state index contributed by atoms with van der Waals surface area (Å²) in [5.41, 5.74) is 5.42. The average molecular weight is 335 g/mol. The van der Waals surface area contributed by atoms with E-state index in [2.05, 4.69) is 13.8 Å². The van der Waals surface area contributed by atoms with Crippen LogP contribution in [-0.4, -0.2) is 24.1 Å². The Balaban J connectivity index is -0.000000153. The molecule has 0 fully saturated rings. The fourth-order valence-electron chi connectivity index (χ4n) is 1.63. The van der Waals surface area contributed by atoms with Gasteiger partial charge in [0.15, 0.2) is 0 Å². The van der Waals surface area contributed by atoms with Crippen LogP contribution in [-0.2, 0) is 10.4 Å². The summed E-state index contributed by atoms with van der Waals surface area (Å²) in [6, 6.07) is 0. The molecule has 0 spiro atoms. The molecule has 0 aliphatic rings. The van der Waals surface area contributed by atoms with E-state index in [-0.39, 0.29) is 29.6 Å². The average Bonchev–Trinajstić information content (AvgIpc) is 2.37. The number of hydrogen-bond donors (Lipinski definition) is 3. The summed E-state index contributed by atoms with van der Waals surface area (Å²) in [5, 5.41) is 0. The van der Waals surface area contributed by atoms with Crippen LogP contribution in [0.1, 0.15) is 78.1 Å². The van der Waals surface area contributed by atoms with E-state index in [1.165, 1.54) is 64.2 Å². The fourth-order valence-corrected chi connectivity index (χ4v) is 1.63. The van der Waals surface area contributed by atoms with Crippen molar-refractivity contribution in [2.75, 3.05) is 6.54 Å². The monoisotopic (exact) mass is 335 g/mol. The van der Waals surface area contributed by atoms with Gasteiger partial charge in [-0.1, -0.05) is 64.7 Å². The third-order valence-electron chi connectivity index (χ3n) is 2.56. The summed E-state index contributed by atoms with van der Waals surface area (Å²) in [4.78, 5) is 0. The Morgan fingerprint density at radius 3 is 1.29 bits per heavy atom. The molecule has 0 heterocycles. The van der Waals surface area contributed by atoms with E-state index in [1.807, 2.05) is 0 Å². The van der Waals surface area contributed by atoms with Crippen LogP contribution in [0.15, 0.2) is 0 Å². The molecule has 0 unspecified atom stereocenters. The largest absolute Gasteiger partial charge is 1.00 e. The van der Waals surface area contributed by atoms with Crippen molar-refractivity contribution in [3.63, 3.8) is 0 Å². The van der Waals surface area contributed by atoms with Gasteiger partial charge < -0.3 is 12.7 Å². The molecule has 0 aromatic rings. The maximum absolute atomic E-state index is 8.74. The van der Waals surface area contributed by atoms with Crippen LogP contribution >= 0.6 is 0 Å². The van der Waals surface area contributed by atoms with Crippen LogP contribution in [0.25, 0.3) is 0 Å². The van der Waals surface area contributed by atoms with Gasteiger partial charge >= 0.3 is 40.0 Å². The molecule has 0 rings (SSSR count). The van der Waals surface area contributed by atoms with Crippen LogP contribution in [0.2, 0.25) is 0 Å². The van der Waals surface area contributed by atoms with Gasteiger partial charge in [-0.05, 0) is 13.0 Å². The zero-order valence-electron chi connectivity index (χ0n) is 14.2. The number of unbranched alkanes of at least 4 members (excludes halogenated alkanes) is 9. The topological polar surface area (TPSA) is 101 Å². The van der Waals surface area contributed by atoms with E-state index in [0.29, 0.717) is 0 Å². The predicted octanol–water partition coefficient (Wildman–Crippen LogP) is 1.06. The molecule has 0 saturated heterocycles. The summed E-state index contributed by atoms with van der Waals surface area (Å²) in [6.45, 7) is 8.14. The first kappa shape index (κ1) is 29.8. The van der Waals surface area contributed by atoms with Gasteiger partial charge in [-0.2, -0.15) is 15.3 Å². The molecule has 5 nitrogen and oxygen atoms in total. The third kappa shape index (κ3) is 63.0.